The summed E-state index contributed by atoms with van der Waals surface area (Å²) in [6.45, 7) is 0. The zero-order valence-corrected chi connectivity index (χ0v) is 8.55. The first-order valence-corrected chi connectivity index (χ1v) is 4.31. The quantitative estimate of drug-likeness (QED) is 0.600. The van der Waals surface area contributed by atoms with Crippen LogP contribution in [0.3, 0.4) is 0 Å². The lowest BCUT2D eigenvalue weighted by molar-refractivity contribution is -0.383. The molecule has 2 N–H and O–H groups in total. The lowest BCUT2D eigenvalue weighted by Gasteiger charge is -2.07. The molecule has 0 aliphatic heterocycles. The average Bonchev–Trinajstić information content (AvgIpc) is 2.15. The van der Waals surface area contributed by atoms with E-state index in [0.717, 1.165) is 0 Å². The van der Waals surface area contributed by atoms with Gasteiger partial charge in [0.15, 0.2) is 0 Å². The molecule has 0 bridgehead atoms. The topological polar surface area (TPSA) is 67.2 Å². The third-order valence-corrected chi connectivity index (χ3v) is 2.01. The normalized spacial score (nSPS) is 9.64. The summed E-state index contributed by atoms with van der Waals surface area (Å²) in [6, 6.07) is 3.03. The highest BCUT2D eigenvalue weighted by Crippen LogP contribution is 2.35. The predicted molar refractivity (Wildman–Crippen MR) is 57.2 cm³/mol. The Bertz CT molecular complexity index is 343. The summed E-state index contributed by atoms with van der Waals surface area (Å²) in [5.41, 5.74) is 0.790. The molecule has 6 heteroatoms. The number of rotatable bonds is 3. The molecule has 1 aromatic rings. The van der Waals surface area contributed by atoms with Crippen LogP contribution < -0.4 is 10.6 Å². The van der Waals surface area contributed by atoms with E-state index >= 15 is 0 Å². The van der Waals surface area contributed by atoms with Gasteiger partial charge in [0.25, 0.3) is 0 Å². The lowest BCUT2D eigenvalue weighted by atomic mass is 10.2. The summed E-state index contributed by atoms with van der Waals surface area (Å²) in [6.07, 6.45) is 0. The van der Waals surface area contributed by atoms with Crippen LogP contribution >= 0.6 is 11.6 Å². The maximum atomic E-state index is 10.8. The molecule has 1 rings (SSSR count). The molecule has 76 valence electrons. The standard InChI is InChI=1S/C8H10ClN3O2/c1-10-6-3-5(9)4-7(11-2)8(6)12(13)14/h3-4,10-11H,1-2H3. The van der Waals surface area contributed by atoms with Gasteiger partial charge in [-0.3, -0.25) is 10.1 Å². The number of nitrogens with one attached hydrogen (secondary N) is 2. The van der Waals surface area contributed by atoms with Crippen molar-refractivity contribution in [2.75, 3.05) is 24.7 Å². The molecule has 14 heavy (non-hydrogen) atoms. The van der Waals surface area contributed by atoms with Crippen molar-refractivity contribution in [2.24, 2.45) is 0 Å². The van der Waals surface area contributed by atoms with E-state index in [2.05, 4.69) is 10.6 Å². The average molecular weight is 216 g/mol. The van der Waals surface area contributed by atoms with Crippen LogP contribution in [0.5, 0.6) is 0 Å². The van der Waals surface area contributed by atoms with Gasteiger partial charge in [-0.15, -0.1) is 0 Å². The van der Waals surface area contributed by atoms with Gasteiger partial charge in [0.05, 0.1) is 4.92 Å². The monoisotopic (exact) mass is 215 g/mol. The molecule has 0 atom stereocenters. The fraction of sp³-hybridized carbons (Fsp3) is 0.250. The minimum Gasteiger partial charge on any atom is -0.382 e. The van der Waals surface area contributed by atoms with Crippen LogP contribution in [0.15, 0.2) is 12.1 Å². The zero-order chi connectivity index (χ0) is 10.7. The summed E-state index contributed by atoms with van der Waals surface area (Å²) in [4.78, 5) is 10.3. The van der Waals surface area contributed by atoms with Crippen molar-refractivity contribution in [1.29, 1.82) is 0 Å². The first-order valence-electron chi connectivity index (χ1n) is 3.93. The molecule has 0 amide bonds. The van der Waals surface area contributed by atoms with Crippen LogP contribution in [-0.2, 0) is 0 Å². The van der Waals surface area contributed by atoms with Crippen molar-refractivity contribution in [2.45, 2.75) is 0 Å². The molecule has 0 spiro atoms. The Kier molecular flexibility index (Phi) is 3.14. The van der Waals surface area contributed by atoms with Crippen molar-refractivity contribution in [3.05, 3.63) is 27.3 Å². The van der Waals surface area contributed by atoms with Gasteiger partial charge >= 0.3 is 5.69 Å². The fourth-order valence-corrected chi connectivity index (χ4v) is 1.40. The van der Waals surface area contributed by atoms with Gasteiger partial charge in [-0.2, -0.15) is 0 Å². The van der Waals surface area contributed by atoms with Crippen LogP contribution in [0.4, 0.5) is 17.1 Å². The van der Waals surface area contributed by atoms with E-state index in [4.69, 9.17) is 11.6 Å². The number of nitro groups is 1. The number of hydrogen-bond donors (Lipinski definition) is 2. The van der Waals surface area contributed by atoms with Crippen molar-refractivity contribution >= 4 is 28.7 Å². The minimum absolute atomic E-state index is 0.000556. The van der Waals surface area contributed by atoms with Crippen molar-refractivity contribution < 1.29 is 4.92 Å². The third kappa shape index (κ3) is 1.88. The van der Waals surface area contributed by atoms with Gasteiger partial charge in [0, 0.05) is 19.1 Å². The van der Waals surface area contributed by atoms with Gasteiger partial charge in [0.2, 0.25) is 0 Å². The molecule has 0 saturated heterocycles. The highest BCUT2D eigenvalue weighted by atomic mass is 35.5. The molecule has 0 aliphatic rings. The second kappa shape index (κ2) is 4.15. The van der Waals surface area contributed by atoms with Crippen LogP contribution in [0, 0.1) is 10.1 Å². The number of hydrogen-bond acceptors (Lipinski definition) is 4. The molecular weight excluding hydrogens is 206 g/mol. The van der Waals surface area contributed by atoms with Gasteiger partial charge in [0.1, 0.15) is 11.4 Å². The molecular formula is C8H10ClN3O2. The van der Waals surface area contributed by atoms with Crippen LogP contribution in [0.2, 0.25) is 5.02 Å². The molecule has 0 heterocycles. The van der Waals surface area contributed by atoms with E-state index in [1.165, 1.54) is 12.1 Å². The maximum absolute atomic E-state index is 10.8. The van der Waals surface area contributed by atoms with E-state index < -0.39 is 4.92 Å². The summed E-state index contributed by atoms with van der Waals surface area (Å²) >= 11 is 5.78. The first kappa shape index (κ1) is 10.6. The van der Waals surface area contributed by atoms with E-state index in [9.17, 15) is 10.1 Å². The number of nitro benzene ring substituents is 1. The first-order chi connectivity index (χ1) is 6.60. The van der Waals surface area contributed by atoms with E-state index in [-0.39, 0.29) is 5.69 Å². The molecule has 0 aliphatic carbocycles. The summed E-state index contributed by atoms with van der Waals surface area (Å²) < 4.78 is 0. The van der Waals surface area contributed by atoms with Crippen LogP contribution in [-0.4, -0.2) is 19.0 Å². The Morgan fingerprint density at radius 3 is 2.00 bits per heavy atom. The zero-order valence-electron chi connectivity index (χ0n) is 7.80. The summed E-state index contributed by atoms with van der Waals surface area (Å²) in [7, 11) is 3.22. The maximum Gasteiger partial charge on any atom is 0.315 e. The predicted octanol–water partition coefficient (Wildman–Crippen LogP) is 2.33. The molecule has 5 nitrogen and oxygen atoms in total. The summed E-state index contributed by atoms with van der Waals surface area (Å²) in [5, 5.41) is 16.7. The Balaban J connectivity index is 3.40. The van der Waals surface area contributed by atoms with Crippen molar-refractivity contribution in [1.82, 2.24) is 0 Å². The highest BCUT2D eigenvalue weighted by Gasteiger charge is 2.19. The highest BCUT2D eigenvalue weighted by molar-refractivity contribution is 6.31. The Labute approximate surface area is 86.2 Å². The molecule has 0 fully saturated rings. The van der Waals surface area contributed by atoms with Gasteiger partial charge < -0.3 is 10.6 Å². The van der Waals surface area contributed by atoms with Gasteiger partial charge in [-0.05, 0) is 12.1 Å². The SMILES string of the molecule is CNc1cc(Cl)cc(NC)c1[N+](=O)[O-]. The van der Waals surface area contributed by atoms with Crippen molar-refractivity contribution in [3.8, 4) is 0 Å². The van der Waals surface area contributed by atoms with E-state index in [1.807, 2.05) is 0 Å². The lowest BCUT2D eigenvalue weighted by Crippen LogP contribution is -2.01. The number of nitrogens with zero attached hydrogens (tertiary/aromatic N) is 1. The Morgan fingerprint density at radius 2 is 1.71 bits per heavy atom. The summed E-state index contributed by atoms with van der Waals surface area (Å²) in [5.74, 6) is 0. The number of halogens is 1. The molecule has 0 radical (unpaired) electrons. The van der Waals surface area contributed by atoms with Crippen LogP contribution in [0.25, 0.3) is 0 Å². The molecule has 1 aromatic carbocycles. The number of benzene rings is 1. The largest absolute Gasteiger partial charge is 0.382 e. The van der Waals surface area contributed by atoms with Gasteiger partial charge in [-0.25, -0.2) is 0 Å². The smallest absolute Gasteiger partial charge is 0.315 e. The van der Waals surface area contributed by atoms with Crippen LogP contribution in [0.1, 0.15) is 0 Å². The second-order valence-corrected chi connectivity index (χ2v) is 3.04. The Hall–Kier alpha value is -1.49. The third-order valence-electron chi connectivity index (χ3n) is 1.80. The fourth-order valence-electron chi connectivity index (χ4n) is 1.18. The van der Waals surface area contributed by atoms with E-state index in [1.54, 1.807) is 14.1 Å². The number of anilines is 2. The minimum atomic E-state index is -0.450. The van der Waals surface area contributed by atoms with Gasteiger partial charge in [-0.1, -0.05) is 11.6 Å². The molecule has 0 unspecified atom stereocenters. The van der Waals surface area contributed by atoms with E-state index in [0.29, 0.717) is 16.4 Å². The van der Waals surface area contributed by atoms with Crippen molar-refractivity contribution in [3.63, 3.8) is 0 Å². The molecule has 0 aromatic heterocycles. The molecule has 0 saturated carbocycles. The Morgan fingerprint density at radius 1 is 1.29 bits per heavy atom. The second-order valence-electron chi connectivity index (χ2n) is 2.61.